The maximum atomic E-state index is 9.09. The highest BCUT2D eigenvalue weighted by atomic mass is 16.5. The molecular formula is C11H21N5O2. The average Bonchev–Trinajstić information content (AvgIpc) is 2.42. The predicted molar refractivity (Wildman–Crippen MR) is 70.1 cm³/mol. The standard InChI is InChI=1S/C11H21N5O2/c1-4-5-6-16(7-8-17)10-13-9(12-2)14-11(15-10)18-3/h17H,4-8H2,1-3H3,(H,12,13,14,15). The summed E-state index contributed by atoms with van der Waals surface area (Å²) < 4.78 is 5.04. The topological polar surface area (TPSA) is 83.4 Å². The fraction of sp³-hybridized carbons (Fsp3) is 0.727. The Balaban J connectivity index is 2.93. The van der Waals surface area contributed by atoms with E-state index in [-0.39, 0.29) is 12.6 Å². The van der Waals surface area contributed by atoms with Crippen molar-refractivity contribution < 1.29 is 9.84 Å². The lowest BCUT2D eigenvalue weighted by atomic mass is 10.3. The molecule has 0 saturated heterocycles. The summed E-state index contributed by atoms with van der Waals surface area (Å²) in [7, 11) is 3.25. The molecule has 0 aliphatic rings. The molecule has 1 aromatic heterocycles. The molecule has 0 saturated carbocycles. The minimum atomic E-state index is 0.0621. The fourth-order valence-electron chi connectivity index (χ4n) is 1.47. The molecule has 0 atom stereocenters. The van der Waals surface area contributed by atoms with E-state index in [1.165, 1.54) is 7.11 Å². The van der Waals surface area contributed by atoms with Crippen LogP contribution in [0, 0.1) is 0 Å². The minimum Gasteiger partial charge on any atom is -0.467 e. The number of anilines is 2. The van der Waals surface area contributed by atoms with Crippen LogP contribution < -0.4 is 15.0 Å². The van der Waals surface area contributed by atoms with Crippen molar-refractivity contribution in [2.45, 2.75) is 19.8 Å². The van der Waals surface area contributed by atoms with E-state index in [9.17, 15) is 0 Å². The molecule has 1 heterocycles. The van der Waals surface area contributed by atoms with Gasteiger partial charge in [0.25, 0.3) is 0 Å². The van der Waals surface area contributed by atoms with Crippen LogP contribution in [-0.4, -0.2) is 53.9 Å². The molecular weight excluding hydrogens is 234 g/mol. The number of aromatic nitrogens is 3. The molecule has 2 N–H and O–H groups in total. The summed E-state index contributed by atoms with van der Waals surface area (Å²) in [5, 5.41) is 12.0. The van der Waals surface area contributed by atoms with Gasteiger partial charge in [-0.05, 0) is 6.42 Å². The van der Waals surface area contributed by atoms with Crippen molar-refractivity contribution in [1.82, 2.24) is 15.0 Å². The van der Waals surface area contributed by atoms with Gasteiger partial charge in [0.05, 0.1) is 13.7 Å². The van der Waals surface area contributed by atoms with Crippen LogP contribution in [-0.2, 0) is 0 Å². The van der Waals surface area contributed by atoms with Gasteiger partial charge < -0.3 is 20.1 Å². The number of methoxy groups -OCH3 is 1. The van der Waals surface area contributed by atoms with Crippen molar-refractivity contribution >= 4 is 11.9 Å². The minimum absolute atomic E-state index is 0.0621. The maximum absolute atomic E-state index is 9.09. The van der Waals surface area contributed by atoms with E-state index in [2.05, 4.69) is 27.2 Å². The molecule has 0 amide bonds. The molecule has 0 bridgehead atoms. The second kappa shape index (κ2) is 7.65. The largest absolute Gasteiger partial charge is 0.467 e. The predicted octanol–water partition coefficient (Wildman–Crippen LogP) is 0.521. The van der Waals surface area contributed by atoms with E-state index in [4.69, 9.17) is 9.84 Å². The number of rotatable bonds is 8. The van der Waals surface area contributed by atoms with Crippen molar-refractivity contribution in [3.63, 3.8) is 0 Å². The number of nitrogens with one attached hydrogen (secondary N) is 1. The first kappa shape index (κ1) is 14.4. The highest BCUT2D eigenvalue weighted by molar-refractivity contribution is 5.37. The number of hydrogen-bond donors (Lipinski definition) is 2. The summed E-state index contributed by atoms with van der Waals surface area (Å²) >= 11 is 0. The Hall–Kier alpha value is -1.63. The summed E-state index contributed by atoms with van der Waals surface area (Å²) in [4.78, 5) is 14.4. The van der Waals surface area contributed by atoms with Gasteiger partial charge in [0.2, 0.25) is 11.9 Å². The van der Waals surface area contributed by atoms with E-state index in [0.717, 1.165) is 19.4 Å². The lowest BCUT2D eigenvalue weighted by molar-refractivity contribution is 0.300. The molecule has 0 aliphatic heterocycles. The smallest absolute Gasteiger partial charge is 0.322 e. The summed E-state index contributed by atoms with van der Waals surface area (Å²) in [6, 6.07) is 0.267. The normalized spacial score (nSPS) is 10.2. The zero-order chi connectivity index (χ0) is 13.4. The van der Waals surface area contributed by atoms with Gasteiger partial charge >= 0.3 is 6.01 Å². The summed E-state index contributed by atoms with van der Waals surface area (Å²) in [5.74, 6) is 0.977. The Morgan fingerprint density at radius 3 is 2.61 bits per heavy atom. The SMILES string of the molecule is CCCCN(CCO)c1nc(NC)nc(OC)n1. The third kappa shape index (κ3) is 3.99. The number of aliphatic hydroxyl groups excluding tert-OH is 1. The monoisotopic (exact) mass is 255 g/mol. The molecule has 102 valence electrons. The van der Waals surface area contributed by atoms with Gasteiger partial charge in [0.15, 0.2) is 0 Å². The van der Waals surface area contributed by atoms with Crippen molar-refractivity contribution in [3.8, 4) is 6.01 Å². The zero-order valence-corrected chi connectivity index (χ0v) is 11.2. The second-order valence-electron chi connectivity index (χ2n) is 3.76. The molecule has 1 aromatic rings. The van der Waals surface area contributed by atoms with Crippen LogP contribution >= 0.6 is 0 Å². The van der Waals surface area contributed by atoms with Crippen LogP contribution in [0.15, 0.2) is 0 Å². The van der Waals surface area contributed by atoms with Crippen molar-refractivity contribution in [2.75, 3.05) is 44.1 Å². The van der Waals surface area contributed by atoms with E-state index in [1.54, 1.807) is 7.05 Å². The number of hydrogen-bond acceptors (Lipinski definition) is 7. The van der Waals surface area contributed by atoms with E-state index in [0.29, 0.717) is 18.4 Å². The Bertz CT molecular complexity index is 339. The lowest BCUT2D eigenvalue weighted by Crippen LogP contribution is -2.30. The Kier molecular flexibility index (Phi) is 6.13. The van der Waals surface area contributed by atoms with Gasteiger partial charge in [-0.15, -0.1) is 0 Å². The average molecular weight is 255 g/mol. The number of nitrogens with zero attached hydrogens (tertiary/aromatic N) is 4. The first-order valence-electron chi connectivity index (χ1n) is 6.08. The quantitative estimate of drug-likeness (QED) is 0.700. The van der Waals surface area contributed by atoms with Gasteiger partial charge in [0, 0.05) is 20.1 Å². The molecule has 0 unspecified atom stereocenters. The molecule has 7 heteroatoms. The highest BCUT2D eigenvalue weighted by Gasteiger charge is 2.12. The van der Waals surface area contributed by atoms with Gasteiger partial charge in [-0.2, -0.15) is 15.0 Å². The molecule has 1 rings (SSSR count). The Labute approximate surface area is 107 Å². The fourth-order valence-corrected chi connectivity index (χ4v) is 1.47. The van der Waals surface area contributed by atoms with Crippen LogP contribution in [0.4, 0.5) is 11.9 Å². The van der Waals surface area contributed by atoms with Gasteiger partial charge in [0.1, 0.15) is 0 Å². The first-order chi connectivity index (χ1) is 8.74. The number of aliphatic hydroxyl groups is 1. The lowest BCUT2D eigenvalue weighted by Gasteiger charge is -2.21. The van der Waals surface area contributed by atoms with Gasteiger partial charge in [-0.3, -0.25) is 0 Å². The van der Waals surface area contributed by atoms with Crippen LogP contribution in [0.3, 0.4) is 0 Å². The molecule has 18 heavy (non-hydrogen) atoms. The molecule has 0 radical (unpaired) electrons. The second-order valence-corrected chi connectivity index (χ2v) is 3.76. The summed E-state index contributed by atoms with van der Waals surface area (Å²) in [5.41, 5.74) is 0. The molecule has 0 spiro atoms. The Morgan fingerprint density at radius 2 is 2.06 bits per heavy atom. The van der Waals surface area contributed by atoms with Crippen LogP contribution in [0.5, 0.6) is 6.01 Å². The van der Waals surface area contributed by atoms with E-state index < -0.39 is 0 Å². The summed E-state index contributed by atoms with van der Waals surface area (Å²) in [6.07, 6.45) is 2.09. The number of ether oxygens (including phenoxy) is 1. The first-order valence-corrected chi connectivity index (χ1v) is 6.08. The van der Waals surface area contributed by atoms with Crippen LogP contribution in [0.1, 0.15) is 19.8 Å². The third-order valence-corrected chi connectivity index (χ3v) is 2.44. The molecule has 0 aliphatic carbocycles. The van der Waals surface area contributed by atoms with Crippen LogP contribution in [0.25, 0.3) is 0 Å². The maximum Gasteiger partial charge on any atom is 0.322 e. The van der Waals surface area contributed by atoms with Crippen molar-refractivity contribution in [2.24, 2.45) is 0 Å². The van der Waals surface area contributed by atoms with Crippen LogP contribution in [0.2, 0.25) is 0 Å². The third-order valence-electron chi connectivity index (χ3n) is 2.44. The van der Waals surface area contributed by atoms with Gasteiger partial charge in [-0.1, -0.05) is 13.3 Å². The highest BCUT2D eigenvalue weighted by Crippen LogP contribution is 2.14. The molecule has 0 aromatic carbocycles. The van der Waals surface area contributed by atoms with E-state index in [1.807, 2.05) is 4.90 Å². The Morgan fingerprint density at radius 1 is 1.28 bits per heavy atom. The summed E-state index contributed by atoms with van der Waals surface area (Å²) in [6.45, 7) is 3.47. The number of unbranched alkanes of at least 4 members (excludes halogenated alkanes) is 1. The molecule has 7 nitrogen and oxygen atoms in total. The zero-order valence-electron chi connectivity index (χ0n) is 11.2. The molecule has 0 fully saturated rings. The van der Waals surface area contributed by atoms with Crippen molar-refractivity contribution in [3.05, 3.63) is 0 Å². The van der Waals surface area contributed by atoms with Crippen molar-refractivity contribution in [1.29, 1.82) is 0 Å². The van der Waals surface area contributed by atoms with E-state index >= 15 is 0 Å². The van der Waals surface area contributed by atoms with Gasteiger partial charge in [-0.25, -0.2) is 0 Å².